The van der Waals surface area contributed by atoms with Crippen LogP contribution in [0.4, 0.5) is 0 Å². The molecular formula is C23H34N2O3. The molecule has 1 aliphatic carbocycles. The Morgan fingerprint density at radius 2 is 1.89 bits per heavy atom. The Labute approximate surface area is 168 Å². The van der Waals surface area contributed by atoms with E-state index >= 15 is 0 Å². The summed E-state index contributed by atoms with van der Waals surface area (Å²) in [5.41, 5.74) is 4.78. The lowest BCUT2D eigenvalue weighted by Crippen LogP contribution is -2.33. The van der Waals surface area contributed by atoms with E-state index in [4.69, 9.17) is 9.84 Å². The van der Waals surface area contributed by atoms with Gasteiger partial charge in [-0.05, 0) is 75.6 Å². The van der Waals surface area contributed by atoms with Gasteiger partial charge in [0.2, 0.25) is 0 Å². The quantitative estimate of drug-likeness (QED) is 0.872. The van der Waals surface area contributed by atoms with Crippen molar-refractivity contribution in [3.63, 3.8) is 0 Å². The molecule has 0 spiro atoms. The van der Waals surface area contributed by atoms with Crippen molar-refractivity contribution >= 4 is 16.8 Å². The summed E-state index contributed by atoms with van der Waals surface area (Å²) < 4.78 is 7.35. The number of likely N-dealkylation sites (N-methyl/N-ethyl adjacent to an activating group) is 1. The third-order valence-corrected chi connectivity index (χ3v) is 5.89. The average molecular weight is 387 g/mol. The largest absolute Gasteiger partial charge is 0.395 e. The highest BCUT2D eigenvalue weighted by Gasteiger charge is 2.20. The lowest BCUT2D eigenvalue weighted by molar-refractivity contribution is 0.0732. The maximum atomic E-state index is 12.6. The molecule has 1 aliphatic heterocycles. The van der Waals surface area contributed by atoms with Crippen molar-refractivity contribution in [2.75, 3.05) is 32.9 Å². The Hall–Kier alpha value is -1.85. The van der Waals surface area contributed by atoms with E-state index in [1.165, 1.54) is 54.3 Å². The normalized spacial score (nSPS) is 16.2. The maximum absolute atomic E-state index is 12.6. The molecule has 0 radical (unpaired) electrons. The van der Waals surface area contributed by atoms with Crippen LogP contribution in [0.5, 0.6) is 0 Å². The van der Waals surface area contributed by atoms with Crippen molar-refractivity contribution in [3.8, 4) is 0 Å². The highest BCUT2D eigenvalue weighted by Crippen LogP contribution is 2.32. The third-order valence-electron chi connectivity index (χ3n) is 5.89. The molecule has 4 rings (SSSR count). The van der Waals surface area contributed by atoms with E-state index in [0.717, 1.165) is 31.6 Å². The molecule has 28 heavy (non-hydrogen) atoms. The van der Waals surface area contributed by atoms with Gasteiger partial charge in [0, 0.05) is 55.5 Å². The number of ether oxygens (including phenoxy) is 1. The number of aryl methyl sites for hydroxylation is 2. The van der Waals surface area contributed by atoms with Gasteiger partial charge in [-0.15, -0.1) is 0 Å². The van der Waals surface area contributed by atoms with Crippen molar-refractivity contribution < 1.29 is 14.6 Å². The van der Waals surface area contributed by atoms with E-state index in [1.807, 2.05) is 19.1 Å². The number of fused-ring (bicyclic) bond motifs is 3. The van der Waals surface area contributed by atoms with Gasteiger partial charge in [-0.1, -0.05) is 0 Å². The van der Waals surface area contributed by atoms with Crippen LogP contribution in [-0.2, 0) is 24.6 Å². The number of hydrogen-bond acceptors (Lipinski definition) is 3. The standard InChI is InChI=1S/C18H24N2O2.C5H10O/c1-3-20(10-11-21)18(22)13-8-9-17-15(12-13)14-6-4-5-7-16(14)19(17)2;1-2-4-6-5-3-1/h8-9,12,21H,3-7,10-11H2,1-2H3;1-5H2. The summed E-state index contributed by atoms with van der Waals surface area (Å²) in [5, 5.41) is 10.3. The first-order valence-electron chi connectivity index (χ1n) is 10.8. The SMILES string of the molecule is C1CCOCC1.CCN(CCO)C(=O)c1ccc2c(c1)c1c(n2C)CCCC1. The summed E-state index contributed by atoms with van der Waals surface area (Å²) in [6.45, 7) is 4.95. The van der Waals surface area contributed by atoms with E-state index in [2.05, 4.69) is 17.7 Å². The van der Waals surface area contributed by atoms with Crippen molar-refractivity contribution in [1.82, 2.24) is 9.47 Å². The lowest BCUT2D eigenvalue weighted by Gasteiger charge is -2.19. The Morgan fingerprint density at radius 3 is 2.50 bits per heavy atom. The van der Waals surface area contributed by atoms with Gasteiger partial charge in [-0.3, -0.25) is 4.79 Å². The molecule has 1 N–H and O–H groups in total. The van der Waals surface area contributed by atoms with Crippen molar-refractivity contribution in [2.45, 2.75) is 51.9 Å². The van der Waals surface area contributed by atoms with Crippen molar-refractivity contribution in [2.24, 2.45) is 7.05 Å². The van der Waals surface area contributed by atoms with Crippen LogP contribution in [-0.4, -0.2) is 53.4 Å². The van der Waals surface area contributed by atoms with Gasteiger partial charge in [0.25, 0.3) is 5.91 Å². The summed E-state index contributed by atoms with van der Waals surface area (Å²) in [5.74, 6) is 0.00635. The fraction of sp³-hybridized carbons (Fsp3) is 0.609. The number of carbonyl (C=O) groups is 1. The van der Waals surface area contributed by atoms with Gasteiger partial charge in [-0.25, -0.2) is 0 Å². The fourth-order valence-corrected chi connectivity index (χ4v) is 4.29. The van der Waals surface area contributed by atoms with Gasteiger partial charge in [0.15, 0.2) is 0 Å². The molecule has 1 aromatic carbocycles. The van der Waals surface area contributed by atoms with E-state index in [1.54, 1.807) is 4.90 Å². The Balaban J connectivity index is 0.000000320. The second-order valence-electron chi connectivity index (χ2n) is 7.70. The molecule has 0 unspecified atom stereocenters. The maximum Gasteiger partial charge on any atom is 0.253 e. The van der Waals surface area contributed by atoms with Crippen LogP contribution in [0.15, 0.2) is 18.2 Å². The number of aliphatic hydroxyl groups excluding tert-OH is 1. The number of nitrogens with zero attached hydrogens (tertiary/aromatic N) is 2. The van der Waals surface area contributed by atoms with Crippen LogP contribution in [0.25, 0.3) is 10.9 Å². The average Bonchev–Trinajstić information content (AvgIpc) is 3.05. The van der Waals surface area contributed by atoms with E-state index in [0.29, 0.717) is 13.1 Å². The fourth-order valence-electron chi connectivity index (χ4n) is 4.29. The number of aliphatic hydroxyl groups is 1. The smallest absolute Gasteiger partial charge is 0.253 e. The van der Waals surface area contributed by atoms with Crippen LogP contribution in [0.1, 0.15) is 60.6 Å². The van der Waals surface area contributed by atoms with E-state index in [9.17, 15) is 4.79 Å². The van der Waals surface area contributed by atoms with Crippen molar-refractivity contribution in [3.05, 3.63) is 35.0 Å². The molecule has 5 nitrogen and oxygen atoms in total. The first-order valence-corrected chi connectivity index (χ1v) is 10.8. The molecule has 5 heteroatoms. The molecule has 1 amide bonds. The molecule has 0 bridgehead atoms. The second kappa shape index (κ2) is 10.1. The van der Waals surface area contributed by atoms with Crippen LogP contribution < -0.4 is 0 Å². The summed E-state index contributed by atoms with van der Waals surface area (Å²) in [7, 11) is 2.12. The molecule has 1 saturated heterocycles. The zero-order valence-corrected chi connectivity index (χ0v) is 17.4. The number of aromatic nitrogens is 1. The van der Waals surface area contributed by atoms with Gasteiger partial charge in [-0.2, -0.15) is 0 Å². The Morgan fingerprint density at radius 1 is 1.14 bits per heavy atom. The zero-order chi connectivity index (χ0) is 19.9. The molecule has 154 valence electrons. The first kappa shape index (κ1) is 20.9. The minimum atomic E-state index is 0.00254. The minimum absolute atomic E-state index is 0.00254. The van der Waals surface area contributed by atoms with Gasteiger partial charge >= 0.3 is 0 Å². The predicted molar refractivity (Wildman–Crippen MR) is 113 cm³/mol. The van der Waals surface area contributed by atoms with Crippen LogP contribution in [0.2, 0.25) is 0 Å². The second-order valence-corrected chi connectivity index (χ2v) is 7.70. The number of benzene rings is 1. The lowest BCUT2D eigenvalue weighted by atomic mass is 9.95. The van der Waals surface area contributed by atoms with Crippen LogP contribution >= 0.6 is 0 Å². The van der Waals surface area contributed by atoms with Crippen molar-refractivity contribution in [1.29, 1.82) is 0 Å². The molecular weight excluding hydrogens is 352 g/mol. The van der Waals surface area contributed by atoms with Crippen LogP contribution in [0.3, 0.4) is 0 Å². The number of carbonyl (C=O) groups excluding carboxylic acids is 1. The molecule has 1 fully saturated rings. The Kier molecular flexibility index (Phi) is 7.51. The summed E-state index contributed by atoms with van der Waals surface area (Å²) in [6, 6.07) is 6.02. The first-order chi connectivity index (χ1) is 13.7. The summed E-state index contributed by atoms with van der Waals surface area (Å²) in [6.07, 6.45) is 8.66. The molecule has 0 atom stereocenters. The topological polar surface area (TPSA) is 54.7 Å². The summed E-state index contributed by atoms with van der Waals surface area (Å²) in [4.78, 5) is 14.3. The highest BCUT2D eigenvalue weighted by molar-refractivity contribution is 5.99. The Bertz CT molecular complexity index is 781. The number of amides is 1. The molecule has 2 aliphatic rings. The third kappa shape index (κ3) is 4.58. The number of hydrogen-bond donors (Lipinski definition) is 1. The molecule has 2 heterocycles. The predicted octanol–water partition coefficient (Wildman–Crippen LogP) is 3.70. The molecule has 2 aromatic rings. The van der Waals surface area contributed by atoms with E-state index < -0.39 is 0 Å². The number of rotatable bonds is 4. The molecule has 1 aromatic heterocycles. The van der Waals surface area contributed by atoms with Gasteiger partial charge in [0.1, 0.15) is 0 Å². The monoisotopic (exact) mass is 386 g/mol. The van der Waals surface area contributed by atoms with Gasteiger partial charge < -0.3 is 19.3 Å². The zero-order valence-electron chi connectivity index (χ0n) is 17.4. The van der Waals surface area contributed by atoms with Gasteiger partial charge in [0.05, 0.1) is 6.61 Å². The van der Waals surface area contributed by atoms with E-state index in [-0.39, 0.29) is 12.5 Å². The molecule has 0 saturated carbocycles. The minimum Gasteiger partial charge on any atom is -0.395 e. The highest BCUT2D eigenvalue weighted by atomic mass is 16.5. The van der Waals surface area contributed by atoms with Crippen LogP contribution in [0, 0.1) is 0 Å². The summed E-state index contributed by atoms with van der Waals surface area (Å²) >= 11 is 0.